The number of nitrogens with zero attached hydrogens (tertiary/aromatic N) is 3. The van der Waals surface area contributed by atoms with Crippen LogP contribution in [-0.4, -0.2) is 47.6 Å². The number of rotatable bonds is 6. The van der Waals surface area contributed by atoms with E-state index in [9.17, 15) is 13.2 Å². The number of furan rings is 1. The Kier molecular flexibility index (Phi) is 5.43. The standard InChI is InChI=1S/C18H23N3O4S/c1-14(2)21(13-15-6-5-9-19-12-15)18(22)16-7-8-17(25-16)26(23,24)20-10-3-4-11-20/h5-9,12,14H,3-4,10-11,13H2,1-2H3. The van der Waals surface area contributed by atoms with Gasteiger partial charge in [-0.25, -0.2) is 8.42 Å². The van der Waals surface area contributed by atoms with E-state index in [0.29, 0.717) is 19.6 Å². The summed E-state index contributed by atoms with van der Waals surface area (Å²) >= 11 is 0. The zero-order chi connectivity index (χ0) is 18.7. The van der Waals surface area contributed by atoms with Crippen LogP contribution in [0, 0.1) is 0 Å². The van der Waals surface area contributed by atoms with Crippen molar-refractivity contribution in [1.82, 2.24) is 14.2 Å². The summed E-state index contributed by atoms with van der Waals surface area (Å²) in [6.45, 7) is 5.16. The Bertz CT molecular complexity index is 856. The van der Waals surface area contributed by atoms with E-state index in [2.05, 4.69) is 4.98 Å². The molecule has 26 heavy (non-hydrogen) atoms. The first-order valence-electron chi connectivity index (χ1n) is 8.69. The highest BCUT2D eigenvalue weighted by molar-refractivity contribution is 7.89. The number of carbonyl (C=O) groups excluding carboxylic acids is 1. The summed E-state index contributed by atoms with van der Waals surface area (Å²) in [5.74, 6) is -0.313. The molecule has 2 aromatic rings. The van der Waals surface area contributed by atoms with E-state index in [1.165, 1.54) is 16.4 Å². The molecule has 140 valence electrons. The van der Waals surface area contributed by atoms with Crippen molar-refractivity contribution in [3.63, 3.8) is 0 Å². The lowest BCUT2D eigenvalue weighted by Gasteiger charge is -2.25. The first-order valence-corrected chi connectivity index (χ1v) is 10.1. The minimum Gasteiger partial charge on any atom is -0.438 e. The van der Waals surface area contributed by atoms with Crippen LogP contribution in [0.4, 0.5) is 0 Å². The summed E-state index contributed by atoms with van der Waals surface area (Å²) in [5, 5.41) is -0.173. The van der Waals surface area contributed by atoms with E-state index in [1.54, 1.807) is 17.3 Å². The van der Waals surface area contributed by atoms with Gasteiger partial charge in [0.05, 0.1) is 0 Å². The van der Waals surface area contributed by atoms with Gasteiger partial charge in [-0.2, -0.15) is 4.31 Å². The number of hydrogen-bond acceptors (Lipinski definition) is 5. The summed E-state index contributed by atoms with van der Waals surface area (Å²) in [4.78, 5) is 18.5. The second-order valence-corrected chi connectivity index (χ2v) is 8.49. The fraction of sp³-hybridized carbons (Fsp3) is 0.444. The van der Waals surface area contributed by atoms with Crippen LogP contribution in [0.15, 0.2) is 46.2 Å². The Morgan fingerprint density at radius 1 is 1.27 bits per heavy atom. The lowest BCUT2D eigenvalue weighted by atomic mass is 10.2. The molecule has 0 bridgehead atoms. The maximum Gasteiger partial charge on any atom is 0.290 e. The highest BCUT2D eigenvalue weighted by atomic mass is 32.2. The molecule has 1 aliphatic rings. The normalized spacial score (nSPS) is 15.5. The lowest BCUT2D eigenvalue weighted by molar-refractivity contribution is 0.0651. The predicted octanol–water partition coefficient (Wildman–Crippen LogP) is 2.51. The third-order valence-corrected chi connectivity index (χ3v) is 6.18. The Morgan fingerprint density at radius 2 is 2.00 bits per heavy atom. The SMILES string of the molecule is CC(C)N(Cc1cccnc1)C(=O)c1ccc(S(=O)(=O)N2CCCC2)o1. The van der Waals surface area contributed by atoms with Crippen molar-refractivity contribution in [2.75, 3.05) is 13.1 Å². The van der Waals surface area contributed by atoms with Gasteiger partial charge in [0.15, 0.2) is 5.76 Å². The maximum absolute atomic E-state index is 12.9. The fourth-order valence-corrected chi connectivity index (χ4v) is 4.38. The van der Waals surface area contributed by atoms with Gasteiger partial charge in [0.2, 0.25) is 5.09 Å². The monoisotopic (exact) mass is 377 g/mol. The topological polar surface area (TPSA) is 83.7 Å². The molecule has 2 aromatic heterocycles. The van der Waals surface area contributed by atoms with Crippen molar-refractivity contribution in [2.45, 2.75) is 44.4 Å². The summed E-state index contributed by atoms with van der Waals surface area (Å²) < 4.78 is 32.0. The van der Waals surface area contributed by atoms with Crippen LogP contribution in [0.5, 0.6) is 0 Å². The molecule has 7 nitrogen and oxygen atoms in total. The largest absolute Gasteiger partial charge is 0.438 e. The average molecular weight is 377 g/mol. The van der Waals surface area contributed by atoms with Crippen LogP contribution in [0.2, 0.25) is 0 Å². The van der Waals surface area contributed by atoms with Gasteiger partial charge in [-0.05, 0) is 50.5 Å². The molecule has 0 aromatic carbocycles. The zero-order valence-corrected chi connectivity index (χ0v) is 15.8. The van der Waals surface area contributed by atoms with Crippen molar-refractivity contribution < 1.29 is 17.6 Å². The summed E-state index contributed by atoms with van der Waals surface area (Å²) in [5.41, 5.74) is 0.894. The zero-order valence-electron chi connectivity index (χ0n) is 15.0. The summed E-state index contributed by atoms with van der Waals surface area (Å²) in [6, 6.07) is 6.42. The third kappa shape index (κ3) is 3.81. The number of pyridine rings is 1. The molecule has 0 atom stereocenters. The first kappa shape index (κ1) is 18.6. The Labute approximate surface area is 153 Å². The molecule has 0 unspecified atom stereocenters. The molecule has 0 spiro atoms. The molecule has 3 rings (SSSR count). The molecule has 0 saturated carbocycles. The summed E-state index contributed by atoms with van der Waals surface area (Å²) in [7, 11) is -3.67. The predicted molar refractivity (Wildman–Crippen MR) is 95.9 cm³/mol. The van der Waals surface area contributed by atoms with Crippen LogP contribution in [-0.2, 0) is 16.6 Å². The van der Waals surface area contributed by atoms with Crippen LogP contribution in [0.25, 0.3) is 0 Å². The van der Waals surface area contributed by atoms with Crippen molar-refractivity contribution in [3.8, 4) is 0 Å². The second-order valence-electron chi connectivity index (χ2n) is 6.62. The van der Waals surface area contributed by atoms with Crippen LogP contribution < -0.4 is 0 Å². The number of amides is 1. The van der Waals surface area contributed by atoms with Crippen molar-refractivity contribution >= 4 is 15.9 Å². The third-order valence-electron chi connectivity index (χ3n) is 4.41. The molecular formula is C18H23N3O4S. The first-order chi connectivity index (χ1) is 12.4. The molecule has 1 fully saturated rings. The molecule has 1 aliphatic heterocycles. The highest BCUT2D eigenvalue weighted by Crippen LogP contribution is 2.24. The average Bonchev–Trinajstić information content (AvgIpc) is 3.31. The Hall–Kier alpha value is -2.19. The van der Waals surface area contributed by atoms with Crippen LogP contribution in [0.3, 0.4) is 0 Å². The Morgan fingerprint density at radius 3 is 2.62 bits per heavy atom. The van der Waals surface area contributed by atoms with Gasteiger partial charge < -0.3 is 9.32 Å². The Balaban J connectivity index is 1.81. The van der Waals surface area contributed by atoms with Gasteiger partial charge in [-0.1, -0.05) is 6.07 Å². The van der Waals surface area contributed by atoms with Gasteiger partial charge in [0.1, 0.15) is 0 Å². The molecule has 3 heterocycles. The smallest absolute Gasteiger partial charge is 0.290 e. The van der Waals surface area contributed by atoms with Gasteiger partial charge in [0.25, 0.3) is 15.9 Å². The van der Waals surface area contributed by atoms with Crippen molar-refractivity contribution in [1.29, 1.82) is 0 Å². The van der Waals surface area contributed by atoms with Gasteiger partial charge in [0, 0.05) is 38.1 Å². The minimum atomic E-state index is -3.67. The molecule has 0 N–H and O–H groups in total. The molecule has 0 aliphatic carbocycles. The van der Waals surface area contributed by atoms with Crippen LogP contribution in [0.1, 0.15) is 42.8 Å². The van der Waals surface area contributed by atoms with E-state index < -0.39 is 10.0 Å². The van der Waals surface area contributed by atoms with E-state index in [-0.39, 0.29) is 22.8 Å². The van der Waals surface area contributed by atoms with E-state index in [1.807, 2.05) is 26.0 Å². The van der Waals surface area contributed by atoms with Crippen LogP contribution >= 0.6 is 0 Å². The maximum atomic E-state index is 12.9. The number of sulfonamides is 1. The molecule has 1 saturated heterocycles. The van der Waals surface area contributed by atoms with Gasteiger partial charge >= 0.3 is 0 Å². The summed E-state index contributed by atoms with van der Waals surface area (Å²) in [6.07, 6.45) is 5.07. The fourth-order valence-electron chi connectivity index (χ4n) is 2.95. The second kappa shape index (κ2) is 7.59. The molecular weight excluding hydrogens is 354 g/mol. The molecule has 0 radical (unpaired) electrons. The number of carbonyl (C=O) groups is 1. The number of hydrogen-bond donors (Lipinski definition) is 0. The quantitative estimate of drug-likeness (QED) is 0.772. The van der Waals surface area contributed by atoms with E-state index in [0.717, 1.165) is 18.4 Å². The minimum absolute atomic E-state index is 0.0281. The van der Waals surface area contributed by atoms with Crippen molar-refractivity contribution in [3.05, 3.63) is 48.0 Å². The highest BCUT2D eigenvalue weighted by Gasteiger charge is 2.31. The van der Waals surface area contributed by atoms with Gasteiger partial charge in [-0.15, -0.1) is 0 Å². The molecule has 1 amide bonds. The molecule has 8 heteroatoms. The van der Waals surface area contributed by atoms with Gasteiger partial charge in [-0.3, -0.25) is 9.78 Å². The number of aromatic nitrogens is 1. The van der Waals surface area contributed by atoms with E-state index >= 15 is 0 Å². The lowest BCUT2D eigenvalue weighted by Crippen LogP contribution is -2.36. The van der Waals surface area contributed by atoms with E-state index in [4.69, 9.17) is 4.42 Å². The van der Waals surface area contributed by atoms with Crippen molar-refractivity contribution in [2.24, 2.45) is 0 Å².